The Kier molecular flexibility index (Phi) is 4.74. The Morgan fingerprint density at radius 3 is 1.91 bits per heavy atom. The van der Waals surface area contributed by atoms with Crippen LogP contribution in [0.4, 0.5) is 0 Å². The molecule has 0 bridgehead atoms. The average molecular weight is 348 g/mol. The molecule has 2 N–H and O–H groups in total. The second-order valence-corrected chi connectivity index (χ2v) is 7.21. The number of halogens is 1. The van der Waals surface area contributed by atoms with Gasteiger partial charge >= 0.3 is 11.9 Å². The quantitative estimate of drug-likeness (QED) is 0.851. The van der Waals surface area contributed by atoms with Gasteiger partial charge in [0.1, 0.15) is 12.1 Å². The summed E-state index contributed by atoms with van der Waals surface area (Å²) in [6.07, 6.45) is 0.485. The average Bonchev–Trinajstić information content (AvgIpc) is 2.46. The Morgan fingerprint density at radius 1 is 1.05 bits per heavy atom. The maximum Gasteiger partial charge on any atom is 0.322 e. The number of carboxylic acid groups (broad SMARTS) is 2. The molecule has 1 aliphatic heterocycles. The summed E-state index contributed by atoms with van der Waals surface area (Å²) in [6, 6.07) is 2.37. The lowest BCUT2D eigenvalue weighted by molar-refractivity contribution is -0.149. The zero-order chi connectivity index (χ0) is 16.5. The van der Waals surface area contributed by atoms with Crippen LogP contribution in [-0.2, 0) is 19.6 Å². The number of piperidine rings is 1. The predicted octanol–water partition coefficient (Wildman–Crippen LogP) is 1.42. The first-order valence-corrected chi connectivity index (χ1v) is 8.31. The molecule has 1 fully saturated rings. The Balaban J connectivity index is 2.52. The predicted molar refractivity (Wildman–Crippen MR) is 77.2 cm³/mol. The van der Waals surface area contributed by atoms with E-state index in [9.17, 15) is 28.2 Å². The molecule has 0 radical (unpaired) electrons. The fourth-order valence-electron chi connectivity index (χ4n) is 2.50. The van der Waals surface area contributed by atoms with Gasteiger partial charge in [0, 0.05) is 5.02 Å². The third-order valence-electron chi connectivity index (χ3n) is 3.53. The zero-order valence-electron chi connectivity index (χ0n) is 11.3. The minimum absolute atomic E-state index is 0.0753. The van der Waals surface area contributed by atoms with Gasteiger partial charge in [0.05, 0.1) is 4.90 Å². The monoisotopic (exact) mass is 347 g/mol. The van der Waals surface area contributed by atoms with Gasteiger partial charge in [0.25, 0.3) is 0 Å². The third-order valence-corrected chi connectivity index (χ3v) is 5.71. The summed E-state index contributed by atoms with van der Waals surface area (Å²) in [7, 11) is -4.25. The Morgan fingerprint density at radius 2 is 1.50 bits per heavy atom. The summed E-state index contributed by atoms with van der Waals surface area (Å²) >= 11 is 5.71. The minimum atomic E-state index is -4.25. The van der Waals surface area contributed by atoms with Crippen LogP contribution in [0.1, 0.15) is 19.3 Å². The molecule has 0 unspecified atom stereocenters. The number of rotatable bonds is 4. The second-order valence-electron chi connectivity index (χ2n) is 4.93. The maximum absolute atomic E-state index is 12.7. The third kappa shape index (κ3) is 3.08. The fraction of sp³-hybridized carbons (Fsp3) is 0.385. The number of carboxylic acids is 2. The standard InChI is InChI=1S/C13H14ClNO6S/c14-8-4-6-9(7-5-8)22(20,21)15-10(12(16)17)2-1-3-11(15)13(18)19/h4-7,10-11H,1-3H2,(H,16,17)(H,18,19)/t10-,11+. The Labute approximate surface area is 132 Å². The van der Waals surface area contributed by atoms with Crippen molar-refractivity contribution < 1.29 is 28.2 Å². The van der Waals surface area contributed by atoms with Crippen molar-refractivity contribution in [3.63, 3.8) is 0 Å². The highest BCUT2D eigenvalue weighted by molar-refractivity contribution is 7.89. The van der Waals surface area contributed by atoms with Gasteiger partial charge in [0.15, 0.2) is 0 Å². The number of carbonyl (C=O) groups is 2. The van der Waals surface area contributed by atoms with E-state index in [1.165, 1.54) is 24.3 Å². The summed E-state index contributed by atoms with van der Waals surface area (Å²) in [4.78, 5) is 22.5. The number of aliphatic carboxylic acids is 2. The molecular formula is C13H14ClNO6S. The summed E-state index contributed by atoms with van der Waals surface area (Å²) in [6.45, 7) is 0. The SMILES string of the molecule is O=C(O)[C@H]1CCC[C@@H](C(=O)O)N1S(=O)(=O)c1ccc(Cl)cc1. The maximum atomic E-state index is 12.7. The molecule has 1 aliphatic rings. The van der Waals surface area contributed by atoms with Crippen molar-refractivity contribution in [2.45, 2.75) is 36.2 Å². The van der Waals surface area contributed by atoms with Crippen LogP contribution in [0.15, 0.2) is 29.2 Å². The molecule has 1 aromatic carbocycles. The molecule has 0 spiro atoms. The number of nitrogens with zero attached hydrogens (tertiary/aromatic N) is 1. The second kappa shape index (κ2) is 6.23. The molecule has 1 heterocycles. The topological polar surface area (TPSA) is 112 Å². The van der Waals surface area contributed by atoms with E-state index in [4.69, 9.17) is 11.6 Å². The van der Waals surface area contributed by atoms with Crippen molar-refractivity contribution in [1.82, 2.24) is 4.31 Å². The molecule has 2 atom stereocenters. The number of hydrogen-bond acceptors (Lipinski definition) is 4. The molecule has 120 valence electrons. The van der Waals surface area contributed by atoms with Crippen molar-refractivity contribution in [3.05, 3.63) is 29.3 Å². The highest BCUT2D eigenvalue weighted by Gasteiger charge is 2.46. The zero-order valence-corrected chi connectivity index (χ0v) is 12.9. The van der Waals surface area contributed by atoms with E-state index < -0.39 is 34.0 Å². The molecule has 0 saturated carbocycles. The summed E-state index contributed by atoms with van der Waals surface area (Å²) < 4.78 is 26.0. The number of hydrogen-bond donors (Lipinski definition) is 2. The van der Waals surface area contributed by atoms with Crippen LogP contribution in [0.2, 0.25) is 5.02 Å². The van der Waals surface area contributed by atoms with Crippen LogP contribution >= 0.6 is 11.6 Å². The molecule has 1 saturated heterocycles. The van der Waals surface area contributed by atoms with Gasteiger partial charge in [0.2, 0.25) is 10.0 Å². The minimum Gasteiger partial charge on any atom is -0.480 e. The lowest BCUT2D eigenvalue weighted by atomic mass is 9.99. The van der Waals surface area contributed by atoms with Gasteiger partial charge in [-0.2, -0.15) is 4.31 Å². The van der Waals surface area contributed by atoms with Crippen LogP contribution in [0.3, 0.4) is 0 Å². The van der Waals surface area contributed by atoms with Gasteiger partial charge in [-0.3, -0.25) is 9.59 Å². The van der Waals surface area contributed by atoms with Crippen LogP contribution in [-0.4, -0.2) is 47.0 Å². The molecule has 1 aromatic rings. The van der Waals surface area contributed by atoms with E-state index in [1.807, 2.05) is 0 Å². The number of benzene rings is 1. The largest absolute Gasteiger partial charge is 0.480 e. The van der Waals surface area contributed by atoms with Crippen molar-refractivity contribution in [2.24, 2.45) is 0 Å². The van der Waals surface area contributed by atoms with Crippen molar-refractivity contribution in [3.8, 4) is 0 Å². The van der Waals surface area contributed by atoms with Crippen LogP contribution in [0.5, 0.6) is 0 Å². The highest BCUT2D eigenvalue weighted by atomic mass is 35.5. The van der Waals surface area contributed by atoms with Crippen molar-refractivity contribution >= 4 is 33.6 Å². The summed E-state index contributed by atoms with van der Waals surface area (Å²) in [5, 5.41) is 18.8. The van der Waals surface area contributed by atoms with Gasteiger partial charge in [-0.05, 0) is 43.5 Å². The van der Waals surface area contributed by atoms with Gasteiger partial charge < -0.3 is 10.2 Å². The molecular weight excluding hydrogens is 334 g/mol. The fourth-order valence-corrected chi connectivity index (χ4v) is 4.41. The number of sulfonamides is 1. The first-order chi connectivity index (χ1) is 10.2. The first kappa shape index (κ1) is 16.7. The van der Waals surface area contributed by atoms with Gasteiger partial charge in [-0.25, -0.2) is 8.42 Å². The first-order valence-electron chi connectivity index (χ1n) is 6.50. The van der Waals surface area contributed by atoms with E-state index in [0.717, 1.165) is 0 Å². The Hall–Kier alpha value is -1.64. The summed E-state index contributed by atoms with van der Waals surface area (Å²) in [5.74, 6) is -2.72. The highest BCUT2D eigenvalue weighted by Crippen LogP contribution is 2.30. The van der Waals surface area contributed by atoms with Crippen LogP contribution in [0.25, 0.3) is 0 Å². The van der Waals surface area contributed by atoms with E-state index >= 15 is 0 Å². The normalized spacial score (nSPS) is 23.1. The van der Waals surface area contributed by atoms with Gasteiger partial charge in [-0.15, -0.1) is 0 Å². The lowest BCUT2D eigenvalue weighted by Gasteiger charge is -2.36. The van der Waals surface area contributed by atoms with E-state index in [1.54, 1.807) is 0 Å². The molecule has 22 heavy (non-hydrogen) atoms. The van der Waals surface area contributed by atoms with Crippen molar-refractivity contribution in [2.75, 3.05) is 0 Å². The molecule has 0 aromatic heterocycles. The van der Waals surface area contributed by atoms with Crippen LogP contribution < -0.4 is 0 Å². The lowest BCUT2D eigenvalue weighted by Crippen LogP contribution is -2.55. The van der Waals surface area contributed by atoms with Gasteiger partial charge in [-0.1, -0.05) is 11.6 Å². The van der Waals surface area contributed by atoms with E-state index in [0.29, 0.717) is 15.7 Å². The Bertz CT molecular complexity index is 665. The van der Waals surface area contributed by atoms with E-state index in [-0.39, 0.29) is 17.7 Å². The summed E-state index contributed by atoms with van der Waals surface area (Å²) in [5.41, 5.74) is 0. The van der Waals surface area contributed by atoms with Crippen molar-refractivity contribution in [1.29, 1.82) is 0 Å². The van der Waals surface area contributed by atoms with E-state index in [2.05, 4.69) is 0 Å². The molecule has 2 rings (SSSR count). The molecule has 7 nitrogen and oxygen atoms in total. The molecule has 0 aliphatic carbocycles. The smallest absolute Gasteiger partial charge is 0.322 e. The molecule has 0 amide bonds. The molecule has 9 heteroatoms. The van der Waals surface area contributed by atoms with Crippen LogP contribution in [0, 0.1) is 0 Å².